The van der Waals surface area contributed by atoms with Crippen LogP contribution in [0.15, 0.2) is 35.2 Å². The van der Waals surface area contributed by atoms with Gasteiger partial charge in [-0.1, -0.05) is 51.3 Å². The predicted octanol–water partition coefficient (Wildman–Crippen LogP) is 3.37. The van der Waals surface area contributed by atoms with Gasteiger partial charge in [-0.2, -0.15) is 8.42 Å². The first-order valence-electron chi connectivity index (χ1n) is 6.58. The van der Waals surface area contributed by atoms with E-state index < -0.39 is 10.1 Å². The second kappa shape index (κ2) is 9.94. The summed E-state index contributed by atoms with van der Waals surface area (Å²) >= 11 is 0. The predicted molar refractivity (Wildman–Crippen MR) is 78.7 cm³/mol. The molecule has 0 bridgehead atoms. The molecule has 3 nitrogen and oxygen atoms in total. The van der Waals surface area contributed by atoms with Gasteiger partial charge in [0.1, 0.15) is 0 Å². The molecular weight excluding hydrogens is 271 g/mol. The van der Waals surface area contributed by atoms with E-state index in [0.717, 1.165) is 32.1 Å². The molecular formula is C14H22NaO3S. The number of hydrogen-bond donors (Lipinski definition) is 0. The molecule has 19 heavy (non-hydrogen) atoms. The van der Waals surface area contributed by atoms with Crippen molar-refractivity contribution in [3.05, 3.63) is 30.3 Å². The summed E-state index contributed by atoms with van der Waals surface area (Å²) in [6.45, 7) is 4.13. The summed E-state index contributed by atoms with van der Waals surface area (Å²) < 4.78 is 29.5. The molecule has 1 atom stereocenters. The van der Waals surface area contributed by atoms with E-state index in [-0.39, 0.29) is 40.6 Å². The molecule has 0 heterocycles. The second-order valence-electron chi connectivity index (χ2n) is 4.42. The molecule has 0 saturated carbocycles. The average Bonchev–Trinajstić information content (AvgIpc) is 2.37. The Balaban J connectivity index is 0.00000324. The van der Waals surface area contributed by atoms with E-state index in [1.807, 2.05) is 6.92 Å². The third-order valence-electron chi connectivity index (χ3n) is 2.78. The van der Waals surface area contributed by atoms with Crippen LogP contribution in [0, 0.1) is 0 Å². The maximum Gasteiger partial charge on any atom is 0.297 e. The van der Waals surface area contributed by atoms with E-state index in [1.165, 1.54) is 0 Å². The van der Waals surface area contributed by atoms with Crippen molar-refractivity contribution < 1.29 is 12.6 Å². The van der Waals surface area contributed by atoms with Crippen molar-refractivity contribution in [3.8, 4) is 0 Å². The van der Waals surface area contributed by atoms with Crippen molar-refractivity contribution in [2.45, 2.75) is 57.0 Å². The van der Waals surface area contributed by atoms with Gasteiger partial charge in [0.05, 0.1) is 11.0 Å². The molecule has 0 aromatic heterocycles. The number of rotatable bonds is 8. The zero-order chi connectivity index (χ0) is 13.4. The third-order valence-corrected chi connectivity index (χ3v) is 4.16. The Morgan fingerprint density at radius 3 is 2.21 bits per heavy atom. The molecule has 0 aliphatic rings. The zero-order valence-corrected chi connectivity index (χ0v) is 14.9. The minimum atomic E-state index is -3.61. The van der Waals surface area contributed by atoms with E-state index in [0.29, 0.717) is 0 Å². The van der Waals surface area contributed by atoms with Gasteiger partial charge >= 0.3 is 0 Å². The molecule has 1 radical (unpaired) electrons. The summed E-state index contributed by atoms with van der Waals surface area (Å²) in [5, 5.41) is 0. The number of hydrogen-bond acceptors (Lipinski definition) is 3. The quantitative estimate of drug-likeness (QED) is 0.545. The van der Waals surface area contributed by atoms with Gasteiger partial charge in [0.25, 0.3) is 10.1 Å². The van der Waals surface area contributed by atoms with Crippen LogP contribution in [-0.4, -0.2) is 44.1 Å². The monoisotopic (exact) mass is 293 g/mol. The Bertz CT molecular complexity index is 431. The van der Waals surface area contributed by atoms with E-state index in [9.17, 15) is 8.42 Å². The Hall–Kier alpha value is 0.130. The first-order chi connectivity index (χ1) is 8.60. The Morgan fingerprint density at radius 2 is 1.68 bits per heavy atom. The van der Waals surface area contributed by atoms with Crippen LogP contribution >= 0.6 is 0 Å². The molecule has 1 unspecified atom stereocenters. The van der Waals surface area contributed by atoms with Gasteiger partial charge in [-0.3, -0.25) is 4.18 Å². The maximum atomic E-state index is 12.1. The van der Waals surface area contributed by atoms with Crippen LogP contribution in [0.2, 0.25) is 0 Å². The van der Waals surface area contributed by atoms with Crippen LogP contribution in [0.25, 0.3) is 0 Å². The summed E-state index contributed by atoms with van der Waals surface area (Å²) in [6, 6.07) is 8.34. The molecule has 5 heteroatoms. The minimum Gasteiger partial charge on any atom is -0.263 e. The molecule has 0 amide bonds. The van der Waals surface area contributed by atoms with Gasteiger partial charge in [0.15, 0.2) is 0 Å². The topological polar surface area (TPSA) is 43.4 Å². The van der Waals surface area contributed by atoms with Gasteiger partial charge in [-0.15, -0.1) is 0 Å². The molecule has 1 aromatic carbocycles. The molecule has 1 rings (SSSR count). The summed E-state index contributed by atoms with van der Waals surface area (Å²) in [4.78, 5) is 0.239. The van der Waals surface area contributed by atoms with Gasteiger partial charge in [0, 0.05) is 29.6 Å². The molecule has 0 fully saturated rings. The van der Waals surface area contributed by atoms with Gasteiger partial charge in [-0.05, 0) is 25.0 Å². The maximum absolute atomic E-state index is 12.1. The fourth-order valence-electron chi connectivity index (χ4n) is 1.82. The summed E-state index contributed by atoms with van der Waals surface area (Å²) in [7, 11) is -3.61. The summed E-state index contributed by atoms with van der Waals surface area (Å²) in [5.41, 5.74) is 0. The fourth-order valence-corrected chi connectivity index (χ4v) is 2.97. The van der Waals surface area contributed by atoms with Crippen LogP contribution < -0.4 is 0 Å². The van der Waals surface area contributed by atoms with Gasteiger partial charge in [0.2, 0.25) is 0 Å². The van der Waals surface area contributed by atoms with Crippen molar-refractivity contribution in [2.75, 3.05) is 0 Å². The van der Waals surface area contributed by atoms with Crippen LogP contribution in [-0.2, 0) is 14.3 Å². The summed E-state index contributed by atoms with van der Waals surface area (Å²) in [6.07, 6.45) is 4.37. The Labute approximate surface area is 139 Å². The Morgan fingerprint density at radius 1 is 1.05 bits per heavy atom. The summed E-state index contributed by atoms with van der Waals surface area (Å²) in [5.74, 6) is 0. The van der Waals surface area contributed by atoms with E-state index in [1.54, 1.807) is 30.3 Å². The van der Waals surface area contributed by atoms with E-state index in [2.05, 4.69) is 6.92 Å². The number of benzene rings is 1. The SMILES string of the molecule is CCCCC(CCC)OS(=O)(=O)c1ccccc1.[Na]. The molecule has 103 valence electrons. The molecule has 0 spiro atoms. The smallest absolute Gasteiger partial charge is 0.263 e. The molecule has 1 aromatic rings. The van der Waals surface area contributed by atoms with E-state index in [4.69, 9.17) is 4.18 Å². The second-order valence-corrected chi connectivity index (χ2v) is 5.99. The minimum absolute atomic E-state index is 0. The van der Waals surface area contributed by atoms with E-state index >= 15 is 0 Å². The first kappa shape index (κ1) is 19.1. The third kappa shape index (κ3) is 6.91. The van der Waals surface area contributed by atoms with Gasteiger partial charge in [-0.25, -0.2) is 0 Å². The zero-order valence-electron chi connectivity index (χ0n) is 12.1. The van der Waals surface area contributed by atoms with Crippen LogP contribution in [0.5, 0.6) is 0 Å². The largest absolute Gasteiger partial charge is 0.297 e. The van der Waals surface area contributed by atoms with Crippen molar-refractivity contribution in [1.29, 1.82) is 0 Å². The molecule has 0 aliphatic heterocycles. The van der Waals surface area contributed by atoms with Gasteiger partial charge < -0.3 is 0 Å². The van der Waals surface area contributed by atoms with Crippen molar-refractivity contribution in [3.63, 3.8) is 0 Å². The molecule has 0 N–H and O–H groups in total. The Kier molecular flexibility index (Phi) is 10.0. The average molecular weight is 293 g/mol. The molecule has 0 saturated heterocycles. The standard InChI is InChI=1S/C14H22O3S.Na/c1-3-5-10-13(9-4-2)17-18(15,16)14-11-7-6-8-12-14;/h6-8,11-13H,3-5,9-10H2,1-2H3;. The van der Waals surface area contributed by atoms with Crippen molar-refractivity contribution in [2.24, 2.45) is 0 Å². The van der Waals surface area contributed by atoms with Crippen molar-refractivity contribution >= 4 is 39.7 Å². The first-order valence-corrected chi connectivity index (χ1v) is 7.99. The fraction of sp³-hybridized carbons (Fsp3) is 0.571. The number of unbranched alkanes of at least 4 members (excludes halogenated alkanes) is 1. The van der Waals surface area contributed by atoms with Crippen LogP contribution in [0.3, 0.4) is 0 Å². The normalized spacial score (nSPS) is 12.7. The van der Waals surface area contributed by atoms with Crippen molar-refractivity contribution in [1.82, 2.24) is 0 Å². The van der Waals surface area contributed by atoms with Crippen LogP contribution in [0.1, 0.15) is 46.0 Å². The van der Waals surface area contributed by atoms with Crippen LogP contribution in [0.4, 0.5) is 0 Å². The molecule has 0 aliphatic carbocycles.